The maximum absolute atomic E-state index is 12.0. The van der Waals surface area contributed by atoms with Crippen molar-refractivity contribution < 1.29 is 4.79 Å². The van der Waals surface area contributed by atoms with Gasteiger partial charge in [-0.25, -0.2) is 0 Å². The Morgan fingerprint density at radius 1 is 1.43 bits per heavy atom. The van der Waals surface area contributed by atoms with Gasteiger partial charge in [0.15, 0.2) is 0 Å². The third-order valence-electron chi connectivity index (χ3n) is 3.56. The topological polar surface area (TPSA) is 58.4 Å². The molecule has 0 fully saturated rings. The minimum Gasteiger partial charge on any atom is -0.327 e. The lowest BCUT2D eigenvalue weighted by Gasteiger charge is -2.21. The van der Waals surface area contributed by atoms with E-state index in [-0.39, 0.29) is 11.9 Å². The Bertz CT molecular complexity index is 477. The standard InChI is InChI=1S/C16H26BrN3O/c1-11(2)15(18)7-8-20(4)10-16(21)19-13-5-6-14(17)12(3)9-13/h5-6,9,11,15H,7-8,10,18H2,1-4H3,(H,19,21). The first-order valence-corrected chi connectivity index (χ1v) is 8.09. The van der Waals surface area contributed by atoms with E-state index in [4.69, 9.17) is 5.73 Å². The van der Waals surface area contributed by atoms with Gasteiger partial charge in [-0.1, -0.05) is 29.8 Å². The second kappa shape index (κ2) is 8.51. The number of halogens is 1. The largest absolute Gasteiger partial charge is 0.327 e. The van der Waals surface area contributed by atoms with E-state index < -0.39 is 0 Å². The van der Waals surface area contributed by atoms with Crippen molar-refractivity contribution in [2.45, 2.75) is 33.2 Å². The molecule has 0 bridgehead atoms. The van der Waals surface area contributed by atoms with Crippen LogP contribution in [0.1, 0.15) is 25.8 Å². The smallest absolute Gasteiger partial charge is 0.238 e. The number of nitrogens with zero attached hydrogens (tertiary/aromatic N) is 1. The number of hydrogen-bond acceptors (Lipinski definition) is 3. The molecule has 118 valence electrons. The zero-order valence-electron chi connectivity index (χ0n) is 13.3. The Hall–Kier alpha value is -0.910. The molecule has 0 spiro atoms. The van der Waals surface area contributed by atoms with Gasteiger partial charge in [0.2, 0.25) is 5.91 Å². The number of hydrogen-bond donors (Lipinski definition) is 2. The fourth-order valence-electron chi connectivity index (χ4n) is 1.95. The molecule has 4 nitrogen and oxygen atoms in total. The van der Waals surface area contributed by atoms with E-state index in [2.05, 4.69) is 35.1 Å². The van der Waals surface area contributed by atoms with Crippen molar-refractivity contribution in [3.05, 3.63) is 28.2 Å². The molecule has 0 saturated carbocycles. The van der Waals surface area contributed by atoms with Crippen LogP contribution in [0.2, 0.25) is 0 Å². The molecule has 0 radical (unpaired) electrons. The van der Waals surface area contributed by atoms with E-state index in [0.717, 1.165) is 28.7 Å². The average molecular weight is 356 g/mol. The lowest BCUT2D eigenvalue weighted by Crippen LogP contribution is -2.35. The summed E-state index contributed by atoms with van der Waals surface area (Å²) in [6, 6.07) is 5.97. The minimum atomic E-state index is -0.00246. The van der Waals surface area contributed by atoms with Crippen LogP contribution in [0.3, 0.4) is 0 Å². The number of anilines is 1. The molecule has 1 unspecified atom stereocenters. The van der Waals surface area contributed by atoms with Crippen molar-refractivity contribution in [2.75, 3.05) is 25.5 Å². The van der Waals surface area contributed by atoms with Crippen molar-refractivity contribution in [2.24, 2.45) is 11.7 Å². The molecule has 1 aromatic rings. The molecular weight excluding hydrogens is 330 g/mol. The molecular formula is C16H26BrN3O. The van der Waals surface area contributed by atoms with Gasteiger partial charge in [0.05, 0.1) is 6.54 Å². The van der Waals surface area contributed by atoms with Gasteiger partial charge in [0.25, 0.3) is 0 Å². The second-order valence-electron chi connectivity index (χ2n) is 5.95. The molecule has 1 aromatic carbocycles. The minimum absolute atomic E-state index is 0.00246. The molecule has 0 aliphatic carbocycles. The summed E-state index contributed by atoms with van der Waals surface area (Å²) in [4.78, 5) is 14.0. The number of carbonyl (C=O) groups excluding carboxylic acids is 1. The van der Waals surface area contributed by atoms with Gasteiger partial charge in [-0.15, -0.1) is 0 Å². The summed E-state index contributed by atoms with van der Waals surface area (Å²) in [6.45, 7) is 7.44. The normalized spacial score (nSPS) is 12.8. The van der Waals surface area contributed by atoms with Gasteiger partial charge in [-0.2, -0.15) is 0 Å². The van der Waals surface area contributed by atoms with Crippen molar-refractivity contribution >= 4 is 27.5 Å². The first kappa shape index (κ1) is 18.1. The van der Waals surface area contributed by atoms with Crippen molar-refractivity contribution in [3.8, 4) is 0 Å². The molecule has 1 amide bonds. The maximum atomic E-state index is 12.0. The van der Waals surface area contributed by atoms with Crippen LogP contribution in [-0.2, 0) is 4.79 Å². The Morgan fingerprint density at radius 2 is 2.10 bits per heavy atom. The lowest BCUT2D eigenvalue weighted by atomic mass is 10.0. The number of nitrogens with one attached hydrogen (secondary N) is 1. The maximum Gasteiger partial charge on any atom is 0.238 e. The van der Waals surface area contributed by atoms with Gasteiger partial charge in [-0.3, -0.25) is 9.69 Å². The van der Waals surface area contributed by atoms with Crippen molar-refractivity contribution in [3.63, 3.8) is 0 Å². The third-order valence-corrected chi connectivity index (χ3v) is 4.45. The second-order valence-corrected chi connectivity index (χ2v) is 6.80. The summed E-state index contributed by atoms with van der Waals surface area (Å²) in [5.74, 6) is 0.468. The molecule has 5 heteroatoms. The fraction of sp³-hybridized carbons (Fsp3) is 0.562. The zero-order valence-corrected chi connectivity index (χ0v) is 14.9. The zero-order chi connectivity index (χ0) is 16.0. The van der Waals surface area contributed by atoms with Crippen LogP contribution in [0.5, 0.6) is 0 Å². The number of rotatable bonds is 7. The molecule has 0 saturated heterocycles. The van der Waals surface area contributed by atoms with Crippen molar-refractivity contribution in [1.29, 1.82) is 0 Å². The number of carbonyl (C=O) groups is 1. The molecule has 0 heterocycles. The van der Waals surface area contributed by atoms with Crippen LogP contribution in [-0.4, -0.2) is 37.0 Å². The van der Waals surface area contributed by atoms with Crippen LogP contribution in [0.25, 0.3) is 0 Å². The molecule has 0 aromatic heterocycles. The monoisotopic (exact) mass is 355 g/mol. The first-order valence-electron chi connectivity index (χ1n) is 7.29. The number of benzene rings is 1. The summed E-state index contributed by atoms with van der Waals surface area (Å²) < 4.78 is 1.04. The number of amides is 1. The summed E-state index contributed by atoms with van der Waals surface area (Å²) in [5.41, 5.74) is 7.95. The molecule has 0 aliphatic rings. The Balaban J connectivity index is 2.40. The van der Waals surface area contributed by atoms with Gasteiger partial charge in [0, 0.05) is 16.2 Å². The van der Waals surface area contributed by atoms with E-state index in [0.29, 0.717) is 12.5 Å². The van der Waals surface area contributed by atoms with Gasteiger partial charge < -0.3 is 11.1 Å². The first-order chi connectivity index (χ1) is 9.79. The van der Waals surface area contributed by atoms with Gasteiger partial charge >= 0.3 is 0 Å². The highest BCUT2D eigenvalue weighted by atomic mass is 79.9. The van der Waals surface area contributed by atoms with Crippen LogP contribution in [0.15, 0.2) is 22.7 Å². The average Bonchev–Trinajstić information content (AvgIpc) is 2.40. The Morgan fingerprint density at radius 3 is 2.67 bits per heavy atom. The summed E-state index contributed by atoms with van der Waals surface area (Å²) >= 11 is 3.45. The Kier molecular flexibility index (Phi) is 7.35. The van der Waals surface area contributed by atoms with Crippen LogP contribution >= 0.6 is 15.9 Å². The lowest BCUT2D eigenvalue weighted by molar-refractivity contribution is -0.117. The van der Waals surface area contributed by atoms with E-state index in [1.165, 1.54) is 0 Å². The molecule has 3 N–H and O–H groups in total. The quantitative estimate of drug-likeness (QED) is 0.790. The van der Waals surface area contributed by atoms with Gasteiger partial charge in [0.1, 0.15) is 0 Å². The van der Waals surface area contributed by atoms with E-state index in [1.54, 1.807) is 0 Å². The molecule has 21 heavy (non-hydrogen) atoms. The highest BCUT2D eigenvalue weighted by molar-refractivity contribution is 9.10. The van der Waals surface area contributed by atoms with Crippen LogP contribution < -0.4 is 11.1 Å². The SMILES string of the molecule is Cc1cc(NC(=O)CN(C)CCC(N)C(C)C)ccc1Br. The van der Waals surface area contributed by atoms with Gasteiger partial charge in [-0.05, 0) is 56.6 Å². The molecule has 1 rings (SSSR count). The number of likely N-dealkylation sites (N-methyl/N-ethyl adjacent to an activating group) is 1. The molecule has 0 aliphatic heterocycles. The summed E-state index contributed by atoms with van der Waals surface area (Å²) in [5, 5.41) is 2.92. The Labute approximate surface area is 136 Å². The van der Waals surface area contributed by atoms with E-state index in [1.807, 2.05) is 37.1 Å². The van der Waals surface area contributed by atoms with E-state index in [9.17, 15) is 4.79 Å². The molecule has 1 atom stereocenters. The fourth-order valence-corrected chi connectivity index (χ4v) is 2.20. The predicted molar refractivity (Wildman–Crippen MR) is 92.4 cm³/mol. The van der Waals surface area contributed by atoms with E-state index >= 15 is 0 Å². The van der Waals surface area contributed by atoms with Crippen molar-refractivity contribution in [1.82, 2.24) is 4.90 Å². The summed E-state index contributed by atoms with van der Waals surface area (Å²) in [7, 11) is 1.94. The van der Waals surface area contributed by atoms with Crippen LogP contribution in [0, 0.1) is 12.8 Å². The predicted octanol–water partition coefficient (Wildman–Crippen LogP) is 3.00. The third kappa shape index (κ3) is 6.59. The van der Waals surface area contributed by atoms with Crippen LogP contribution in [0.4, 0.5) is 5.69 Å². The highest BCUT2D eigenvalue weighted by Crippen LogP contribution is 2.19. The number of nitrogens with two attached hydrogens (primary N) is 1. The number of aryl methyl sites for hydroxylation is 1. The summed E-state index contributed by atoms with van der Waals surface area (Å²) in [6.07, 6.45) is 0.902. The highest BCUT2D eigenvalue weighted by Gasteiger charge is 2.11.